The van der Waals surface area contributed by atoms with E-state index in [0.717, 1.165) is 20.7 Å². The zero-order valence-corrected chi connectivity index (χ0v) is 13.2. The first kappa shape index (κ1) is 13.7. The SMILES string of the molecule is Cc1ccc(-c2nc(C(C)C)c(CN)s2)c(Br)c1. The Labute approximate surface area is 120 Å². The minimum absolute atomic E-state index is 0.415. The summed E-state index contributed by atoms with van der Waals surface area (Å²) in [5.74, 6) is 0.415. The van der Waals surface area contributed by atoms with E-state index < -0.39 is 0 Å². The second-order valence-electron chi connectivity index (χ2n) is 4.67. The van der Waals surface area contributed by atoms with Crippen LogP contribution in [0.25, 0.3) is 10.6 Å². The van der Waals surface area contributed by atoms with Gasteiger partial charge in [0.25, 0.3) is 0 Å². The Bertz CT molecular complexity index is 561. The maximum absolute atomic E-state index is 5.80. The first-order valence-corrected chi connectivity index (χ1v) is 7.60. The smallest absolute Gasteiger partial charge is 0.125 e. The third-order valence-electron chi connectivity index (χ3n) is 2.81. The maximum atomic E-state index is 5.80. The fourth-order valence-corrected chi connectivity index (χ4v) is 3.82. The highest BCUT2D eigenvalue weighted by Crippen LogP contribution is 2.35. The number of benzene rings is 1. The highest BCUT2D eigenvalue weighted by molar-refractivity contribution is 9.10. The van der Waals surface area contributed by atoms with Gasteiger partial charge in [-0.2, -0.15) is 0 Å². The van der Waals surface area contributed by atoms with Gasteiger partial charge in [0.05, 0.1) is 5.69 Å². The van der Waals surface area contributed by atoms with Gasteiger partial charge in [0.2, 0.25) is 0 Å². The molecule has 0 saturated heterocycles. The summed E-state index contributed by atoms with van der Waals surface area (Å²) in [6.07, 6.45) is 0. The molecular weight excluding hydrogens is 308 g/mol. The molecule has 0 radical (unpaired) electrons. The molecule has 0 amide bonds. The molecule has 0 saturated carbocycles. The Morgan fingerprint density at radius 3 is 2.61 bits per heavy atom. The molecule has 1 aromatic carbocycles. The third kappa shape index (κ3) is 2.66. The van der Waals surface area contributed by atoms with Crippen LogP contribution in [-0.4, -0.2) is 4.98 Å². The Morgan fingerprint density at radius 1 is 1.39 bits per heavy atom. The first-order valence-electron chi connectivity index (χ1n) is 5.99. The van der Waals surface area contributed by atoms with E-state index in [0.29, 0.717) is 12.5 Å². The molecular formula is C14H17BrN2S. The van der Waals surface area contributed by atoms with E-state index >= 15 is 0 Å². The summed E-state index contributed by atoms with van der Waals surface area (Å²) in [5.41, 5.74) is 9.32. The second kappa shape index (κ2) is 5.51. The lowest BCUT2D eigenvalue weighted by atomic mass is 10.1. The fourth-order valence-electron chi connectivity index (χ4n) is 1.87. The number of aromatic nitrogens is 1. The van der Waals surface area contributed by atoms with Crippen molar-refractivity contribution in [3.05, 3.63) is 38.8 Å². The summed E-state index contributed by atoms with van der Waals surface area (Å²) in [4.78, 5) is 5.94. The largest absolute Gasteiger partial charge is 0.326 e. The van der Waals surface area contributed by atoms with Crippen LogP contribution < -0.4 is 5.73 Å². The monoisotopic (exact) mass is 324 g/mol. The molecule has 0 spiro atoms. The van der Waals surface area contributed by atoms with Gasteiger partial charge in [-0.3, -0.25) is 0 Å². The molecule has 2 nitrogen and oxygen atoms in total. The normalized spacial score (nSPS) is 11.2. The topological polar surface area (TPSA) is 38.9 Å². The highest BCUT2D eigenvalue weighted by atomic mass is 79.9. The average molecular weight is 325 g/mol. The van der Waals surface area contributed by atoms with E-state index in [9.17, 15) is 0 Å². The summed E-state index contributed by atoms with van der Waals surface area (Å²) >= 11 is 5.31. The Balaban J connectivity index is 2.51. The van der Waals surface area contributed by atoms with E-state index in [2.05, 4.69) is 54.9 Å². The van der Waals surface area contributed by atoms with Gasteiger partial charge < -0.3 is 5.73 Å². The quantitative estimate of drug-likeness (QED) is 0.905. The number of nitrogens with two attached hydrogens (primary N) is 1. The molecule has 4 heteroatoms. The molecule has 0 aliphatic carbocycles. The standard InChI is InChI=1S/C14H17BrN2S/c1-8(2)13-12(7-16)18-14(17-13)10-5-4-9(3)6-11(10)15/h4-6,8H,7,16H2,1-3H3. The Hall–Kier alpha value is -0.710. The van der Waals surface area contributed by atoms with Gasteiger partial charge in [0.15, 0.2) is 0 Å². The van der Waals surface area contributed by atoms with Gasteiger partial charge in [-0.05, 0) is 24.5 Å². The number of halogens is 1. The van der Waals surface area contributed by atoms with E-state index in [4.69, 9.17) is 10.7 Å². The van der Waals surface area contributed by atoms with E-state index in [1.807, 2.05) is 0 Å². The number of rotatable bonds is 3. The van der Waals surface area contributed by atoms with Crippen molar-refractivity contribution in [2.24, 2.45) is 5.73 Å². The molecule has 2 N–H and O–H groups in total. The molecule has 2 rings (SSSR count). The summed E-state index contributed by atoms with van der Waals surface area (Å²) in [5, 5.41) is 1.05. The van der Waals surface area contributed by atoms with E-state index in [1.165, 1.54) is 10.4 Å². The van der Waals surface area contributed by atoms with Crippen molar-refractivity contribution in [2.75, 3.05) is 0 Å². The van der Waals surface area contributed by atoms with Crippen molar-refractivity contribution in [3.63, 3.8) is 0 Å². The van der Waals surface area contributed by atoms with Gasteiger partial charge in [0.1, 0.15) is 5.01 Å². The summed E-state index contributed by atoms with van der Waals surface area (Å²) < 4.78 is 1.09. The molecule has 1 aromatic heterocycles. The number of hydrogen-bond acceptors (Lipinski definition) is 3. The van der Waals surface area contributed by atoms with Crippen molar-refractivity contribution in [3.8, 4) is 10.6 Å². The van der Waals surface area contributed by atoms with Gasteiger partial charge in [-0.15, -0.1) is 11.3 Å². The zero-order chi connectivity index (χ0) is 13.3. The van der Waals surface area contributed by atoms with Crippen molar-refractivity contribution in [1.82, 2.24) is 4.98 Å². The number of nitrogens with zero attached hydrogens (tertiary/aromatic N) is 1. The lowest BCUT2D eigenvalue weighted by Gasteiger charge is -2.02. The summed E-state index contributed by atoms with van der Waals surface area (Å²) in [6.45, 7) is 6.96. The number of thiazole rings is 1. The predicted molar refractivity (Wildman–Crippen MR) is 82.0 cm³/mol. The second-order valence-corrected chi connectivity index (χ2v) is 6.61. The molecule has 18 heavy (non-hydrogen) atoms. The molecule has 96 valence electrons. The van der Waals surface area contributed by atoms with Crippen LogP contribution in [0.4, 0.5) is 0 Å². The molecule has 0 atom stereocenters. The van der Waals surface area contributed by atoms with Crippen molar-refractivity contribution in [2.45, 2.75) is 33.2 Å². The minimum Gasteiger partial charge on any atom is -0.326 e. The molecule has 0 fully saturated rings. The summed E-state index contributed by atoms with van der Waals surface area (Å²) in [7, 11) is 0. The summed E-state index contributed by atoms with van der Waals surface area (Å²) in [6, 6.07) is 6.34. The van der Waals surface area contributed by atoms with Crippen molar-refractivity contribution < 1.29 is 0 Å². The lowest BCUT2D eigenvalue weighted by molar-refractivity contribution is 0.814. The van der Waals surface area contributed by atoms with Gasteiger partial charge in [-0.25, -0.2) is 4.98 Å². The van der Waals surface area contributed by atoms with Crippen molar-refractivity contribution >= 4 is 27.3 Å². The van der Waals surface area contributed by atoms with Gasteiger partial charge in [-0.1, -0.05) is 41.9 Å². The van der Waals surface area contributed by atoms with Gasteiger partial charge >= 0.3 is 0 Å². The first-order chi connectivity index (χ1) is 8.52. The fraction of sp³-hybridized carbons (Fsp3) is 0.357. The number of hydrogen-bond donors (Lipinski definition) is 1. The van der Waals surface area contributed by atoms with E-state index in [-0.39, 0.29) is 0 Å². The third-order valence-corrected chi connectivity index (χ3v) is 4.60. The molecule has 0 aliphatic rings. The van der Waals surface area contributed by atoms with Crippen LogP contribution in [0.5, 0.6) is 0 Å². The van der Waals surface area contributed by atoms with Gasteiger partial charge in [0, 0.05) is 21.5 Å². The van der Waals surface area contributed by atoms with Crippen LogP contribution >= 0.6 is 27.3 Å². The Kier molecular flexibility index (Phi) is 4.20. The Morgan fingerprint density at radius 2 is 2.11 bits per heavy atom. The lowest BCUT2D eigenvalue weighted by Crippen LogP contribution is -1.99. The van der Waals surface area contributed by atoms with E-state index in [1.54, 1.807) is 11.3 Å². The molecule has 2 aromatic rings. The number of aryl methyl sites for hydroxylation is 1. The molecule has 1 heterocycles. The van der Waals surface area contributed by atoms with Crippen LogP contribution in [-0.2, 0) is 6.54 Å². The van der Waals surface area contributed by atoms with Crippen LogP contribution in [0.1, 0.15) is 35.9 Å². The molecule has 0 bridgehead atoms. The van der Waals surface area contributed by atoms with Crippen LogP contribution in [0.2, 0.25) is 0 Å². The van der Waals surface area contributed by atoms with Crippen LogP contribution in [0, 0.1) is 6.92 Å². The predicted octanol–water partition coefficient (Wildman–Crippen LogP) is 4.46. The van der Waals surface area contributed by atoms with Crippen LogP contribution in [0.3, 0.4) is 0 Å². The van der Waals surface area contributed by atoms with Crippen molar-refractivity contribution in [1.29, 1.82) is 0 Å². The highest BCUT2D eigenvalue weighted by Gasteiger charge is 2.15. The average Bonchev–Trinajstić information content (AvgIpc) is 2.73. The molecule has 0 aliphatic heterocycles. The zero-order valence-electron chi connectivity index (χ0n) is 10.8. The minimum atomic E-state index is 0.415. The molecule has 0 unspecified atom stereocenters. The van der Waals surface area contributed by atoms with Crippen LogP contribution in [0.15, 0.2) is 22.7 Å². The maximum Gasteiger partial charge on any atom is 0.125 e.